The van der Waals surface area contributed by atoms with E-state index in [0.29, 0.717) is 18.7 Å². The molecule has 0 radical (unpaired) electrons. The van der Waals surface area contributed by atoms with E-state index in [-0.39, 0.29) is 42.3 Å². The lowest BCUT2D eigenvalue weighted by Gasteiger charge is -2.42. The third-order valence-electron chi connectivity index (χ3n) is 6.22. The lowest BCUT2D eigenvalue weighted by atomic mass is 10.0. The second-order valence-electron chi connectivity index (χ2n) is 8.25. The van der Waals surface area contributed by atoms with Crippen molar-refractivity contribution in [2.24, 2.45) is 0 Å². The summed E-state index contributed by atoms with van der Waals surface area (Å²) in [5.74, 6) is -2.17. The number of piperazine rings is 1. The second kappa shape index (κ2) is 9.07. The van der Waals surface area contributed by atoms with Gasteiger partial charge in [-0.2, -0.15) is 5.26 Å². The van der Waals surface area contributed by atoms with Gasteiger partial charge >= 0.3 is 0 Å². The van der Waals surface area contributed by atoms with Crippen molar-refractivity contribution in [3.63, 3.8) is 0 Å². The van der Waals surface area contributed by atoms with E-state index in [4.69, 9.17) is 10.00 Å². The van der Waals surface area contributed by atoms with Crippen LogP contribution in [0.3, 0.4) is 0 Å². The van der Waals surface area contributed by atoms with E-state index < -0.39 is 12.3 Å². The Bertz CT molecular complexity index is 994. The van der Waals surface area contributed by atoms with Gasteiger partial charge in [0.1, 0.15) is 11.9 Å². The third kappa shape index (κ3) is 4.49. The summed E-state index contributed by atoms with van der Waals surface area (Å²) in [6.45, 7) is 1.13. The Hall–Kier alpha value is -3.28. The summed E-state index contributed by atoms with van der Waals surface area (Å²) in [5.41, 5.74) is 0.357. The molecule has 0 spiro atoms. The molecule has 9 heteroatoms. The van der Waals surface area contributed by atoms with E-state index >= 15 is 0 Å². The van der Waals surface area contributed by atoms with Crippen LogP contribution in [-0.4, -0.2) is 53.1 Å². The molecule has 0 N–H and O–H groups in total. The number of hydrogen-bond acceptors (Lipinski definition) is 6. The first-order valence-electron chi connectivity index (χ1n) is 10.7. The topological polar surface area (TPSA) is 82.4 Å². The summed E-state index contributed by atoms with van der Waals surface area (Å²) >= 11 is 0. The van der Waals surface area contributed by atoms with Gasteiger partial charge in [0, 0.05) is 62.0 Å². The first kappa shape index (κ1) is 21.9. The molecule has 4 heterocycles. The van der Waals surface area contributed by atoms with Gasteiger partial charge in [-0.15, -0.1) is 0 Å². The van der Waals surface area contributed by atoms with Gasteiger partial charge in [0.2, 0.25) is 11.8 Å². The quantitative estimate of drug-likeness (QED) is 0.654. The summed E-state index contributed by atoms with van der Waals surface area (Å²) < 4.78 is 34.0. The highest BCUT2D eigenvalue weighted by atomic mass is 19.3. The van der Waals surface area contributed by atoms with Crippen LogP contribution < -0.4 is 9.64 Å². The maximum absolute atomic E-state index is 14.6. The number of halogens is 2. The number of carbonyl (C=O) groups is 1. The van der Waals surface area contributed by atoms with Crippen molar-refractivity contribution < 1.29 is 18.3 Å². The number of fused-ring (bicyclic) bond motifs is 2. The molecule has 7 nitrogen and oxygen atoms in total. The molecular weight excluding hydrogens is 416 g/mol. The lowest BCUT2D eigenvalue weighted by molar-refractivity contribution is -0.132. The van der Waals surface area contributed by atoms with E-state index in [2.05, 4.69) is 20.9 Å². The van der Waals surface area contributed by atoms with Gasteiger partial charge in [0.25, 0.3) is 5.92 Å². The van der Waals surface area contributed by atoms with Gasteiger partial charge in [-0.1, -0.05) is 0 Å². The van der Waals surface area contributed by atoms with Crippen LogP contribution in [0.5, 0.6) is 5.88 Å². The molecule has 32 heavy (non-hydrogen) atoms. The largest absolute Gasteiger partial charge is 0.481 e. The number of nitriles is 1. The van der Waals surface area contributed by atoms with Crippen molar-refractivity contribution in [3.8, 4) is 11.9 Å². The fraction of sp³-hybridized carbons (Fsp3) is 0.478. The maximum atomic E-state index is 14.6. The van der Waals surface area contributed by atoms with Gasteiger partial charge in [-0.3, -0.25) is 4.79 Å². The summed E-state index contributed by atoms with van der Waals surface area (Å²) in [6, 6.07) is 8.48. The minimum absolute atomic E-state index is 0.0857. The molecular formula is C23H25F2N5O2. The van der Waals surface area contributed by atoms with E-state index in [9.17, 15) is 13.6 Å². The number of aromatic nitrogens is 2. The first-order chi connectivity index (χ1) is 15.4. The number of pyridine rings is 2. The highest BCUT2D eigenvalue weighted by Gasteiger charge is 2.42. The van der Waals surface area contributed by atoms with E-state index in [1.165, 1.54) is 25.4 Å². The van der Waals surface area contributed by atoms with Crippen LogP contribution in [0.1, 0.15) is 43.2 Å². The zero-order chi connectivity index (χ0) is 22.7. The molecule has 0 aromatic carbocycles. The van der Waals surface area contributed by atoms with Crippen LogP contribution in [0.4, 0.5) is 14.6 Å². The van der Waals surface area contributed by atoms with Crippen LogP contribution in [-0.2, 0) is 10.7 Å². The number of nitrogens with zero attached hydrogens (tertiary/aromatic N) is 5. The fourth-order valence-corrected chi connectivity index (χ4v) is 4.60. The smallest absolute Gasteiger partial charge is 0.273 e. The minimum atomic E-state index is -3.05. The summed E-state index contributed by atoms with van der Waals surface area (Å²) in [7, 11) is 1.38. The Labute approximate surface area is 185 Å². The molecule has 1 unspecified atom stereocenters. The SMILES string of the molecule is COc1cc(C(F)(F)CCCC(=O)N2CC3CC[C@@H](C2)N3c2ccc(C#N)cn2)ccn1. The molecule has 0 aliphatic carbocycles. The number of methoxy groups -OCH3 is 1. The van der Waals surface area contributed by atoms with E-state index in [0.717, 1.165) is 18.7 Å². The zero-order valence-corrected chi connectivity index (χ0v) is 17.9. The van der Waals surface area contributed by atoms with E-state index in [1.807, 2.05) is 6.07 Å². The highest BCUT2D eigenvalue weighted by Crippen LogP contribution is 2.36. The monoisotopic (exact) mass is 441 g/mol. The molecule has 2 aromatic rings. The molecule has 2 fully saturated rings. The molecule has 2 saturated heterocycles. The Kier molecular flexibility index (Phi) is 6.21. The molecule has 2 aliphatic heterocycles. The predicted octanol–water partition coefficient (Wildman–Crippen LogP) is 3.50. The van der Waals surface area contributed by atoms with Gasteiger partial charge in [-0.05, 0) is 37.5 Å². The molecule has 2 aliphatic rings. The Balaban J connectivity index is 1.32. The zero-order valence-electron chi connectivity index (χ0n) is 17.9. The first-order valence-corrected chi connectivity index (χ1v) is 10.7. The van der Waals surface area contributed by atoms with Crippen LogP contribution >= 0.6 is 0 Å². The lowest BCUT2D eigenvalue weighted by Crippen LogP contribution is -2.55. The molecule has 2 aromatic heterocycles. The fourth-order valence-electron chi connectivity index (χ4n) is 4.60. The molecule has 2 atom stereocenters. The summed E-state index contributed by atoms with van der Waals surface area (Å²) in [4.78, 5) is 25.0. The number of likely N-dealkylation sites (tertiary alicyclic amines) is 1. The van der Waals surface area contributed by atoms with Crippen molar-refractivity contribution >= 4 is 11.7 Å². The number of alkyl halides is 2. The number of rotatable bonds is 7. The summed E-state index contributed by atoms with van der Waals surface area (Å²) in [5, 5.41) is 8.96. The number of carbonyl (C=O) groups excluding carboxylic acids is 1. The molecule has 2 bridgehead atoms. The number of amides is 1. The second-order valence-corrected chi connectivity index (χ2v) is 8.25. The van der Waals surface area contributed by atoms with Crippen molar-refractivity contribution in [2.75, 3.05) is 25.1 Å². The normalized spacial score (nSPS) is 20.2. The van der Waals surface area contributed by atoms with Gasteiger partial charge in [0.15, 0.2) is 0 Å². The maximum Gasteiger partial charge on any atom is 0.273 e. The number of ether oxygens (including phenoxy) is 1. The van der Waals surface area contributed by atoms with Gasteiger partial charge in [-0.25, -0.2) is 18.7 Å². The average molecular weight is 441 g/mol. The standard InChI is InChI=1S/C23H25F2N5O2/c1-32-21-11-17(8-10-27-21)23(24,25)9-2-3-22(31)29-14-18-5-6-19(15-29)30(18)20-7-4-16(12-26)13-28-20/h4,7-8,10-11,13,18-19H,2-3,5-6,9,14-15H2,1H3/t18-,19?/m0/s1. The van der Waals surface area contributed by atoms with Crippen molar-refractivity contribution in [1.82, 2.24) is 14.9 Å². The Morgan fingerprint density at radius 2 is 2.00 bits per heavy atom. The predicted molar refractivity (Wildman–Crippen MR) is 113 cm³/mol. The molecule has 168 valence electrons. The van der Waals surface area contributed by atoms with Gasteiger partial charge in [0.05, 0.1) is 12.7 Å². The van der Waals surface area contributed by atoms with Crippen molar-refractivity contribution in [2.45, 2.75) is 50.1 Å². The van der Waals surface area contributed by atoms with Crippen LogP contribution in [0.2, 0.25) is 0 Å². The minimum Gasteiger partial charge on any atom is -0.481 e. The molecule has 4 rings (SSSR count). The highest BCUT2D eigenvalue weighted by molar-refractivity contribution is 5.76. The van der Waals surface area contributed by atoms with Crippen molar-refractivity contribution in [1.29, 1.82) is 5.26 Å². The molecule has 1 amide bonds. The Morgan fingerprint density at radius 1 is 1.25 bits per heavy atom. The van der Waals surface area contributed by atoms with Gasteiger partial charge < -0.3 is 14.5 Å². The average Bonchev–Trinajstić information content (AvgIpc) is 3.07. The van der Waals surface area contributed by atoms with Crippen LogP contribution in [0.15, 0.2) is 36.7 Å². The number of anilines is 1. The summed E-state index contributed by atoms with van der Waals surface area (Å²) in [6.07, 6.45) is 4.55. The van der Waals surface area contributed by atoms with Crippen LogP contribution in [0, 0.1) is 11.3 Å². The number of hydrogen-bond donors (Lipinski definition) is 0. The van der Waals surface area contributed by atoms with E-state index in [1.54, 1.807) is 17.2 Å². The van der Waals surface area contributed by atoms with Crippen LogP contribution in [0.25, 0.3) is 0 Å². The Morgan fingerprint density at radius 3 is 2.62 bits per heavy atom. The third-order valence-corrected chi connectivity index (χ3v) is 6.22. The molecule has 0 saturated carbocycles. The van der Waals surface area contributed by atoms with Crippen molar-refractivity contribution in [3.05, 3.63) is 47.8 Å².